The third-order valence-electron chi connectivity index (χ3n) is 3.68. The minimum Gasteiger partial charge on any atom is -0.497 e. The van der Waals surface area contributed by atoms with Crippen molar-refractivity contribution in [1.82, 2.24) is 9.78 Å². The smallest absolute Gasteiger partial charge is 0.265 e. The van der Waals surface area contributed by atoms with E-state index in [-0.39, 0.29) is 12.5 Å². The third-order valence-corrected chi connectivity index (χ3v) is 3.68. The molecule has 0 spiro atoms. The number of nitrogens with one attached hydrogen (secondary N) is 1. The van der Waals surface area contributed by atoms with Gasteiger partial charge < -0.3 is 14.9 Å². The maximum absolute atomic E-state index is 12.0. The standard InChI is InChI=1S/C17H22N4O3/c1-11(14-6-8-15(23-5)9-7-14)20-24-10-16(22)18-17-12(2)19-21(4)13(17)3/h6-9H,10H2,1-5H3,(H,18,22)/b20-11-. The SMILES string of the molecule is COc1ccc(/C(C)=N\OCC(=O)Nc2c(C)nn(C)c2C)cc1. The summed E-state index contributed by atoms with van der Waals surface area (Å²) in [5.74, 6) is 0.495. The lowest BCUT2D eigenvalue weighted by Gasteiger charge is -2.06. The van der Waals surface area contributed by atoms with E-state index < -0.39 is 0 Å². The molecule has 1 amide bonds. The molecule has 7 nitrogen and oxygen atoms in total. The van der Waals surface area contributed by atoms with Gasteiger partial charge in [0.05, 0.1) is 29.9 Å². The molecule has 0 fully saturated rings. The van der Waals surface area contributed by atoms with Crippen molar-refractivity contribution in [2.24, 2.45) is 12.2 Å². The minimum atomic E-state index is -0.277. The Morgan fingerprint density at radius 3 is 2.50 bits per heavy atom. The highest BCUT2D eigenvalue weighted by molar-refractivity contribution is 5.98. The first-order valence-electron chi connectivity index (χ1n) is 7.53. The molecule has 0 aliphatic heterocycles. The Kier molecular flexibility index (Phi) is 5.57. The van der Waals surface area contributed by atoms with Gasteiger partial charge in [-0.25, -0.2) is 0 Å². The highest BCUT2D eigenvalue weighted by Gasteiger charge is 2.12. The van der Waals surface area contributed by atoms with Crippen LogP contribution in [0.3, 0.4) is 0 Å². The van der Waals surface area contributed by atoms with Gasteiger partial charge in [-0.2, -0.15) is 5.10 Å². The van der Waals surface area contributed by atoms with Crippen LogP contribution in [0.1, 0.15) is 23.9 Å². The fraction of sp³-hybridized carbons (Fsp3) is 0.353. The van der Waals surface area contributed by atoms with Crippen LogP contribution in [0.15, 0.2) is 29.4 Å². The highest BCUT2D eigenvalue weighted by atomic mass is 16.6. The summed E-state index contributed by atoms with van der Waals surface area (Å²) in [7, 11) is 3.44. The van der Waals surface area contributed by atoms with Crippen molar-refractivity contribution in [1.29, 1.82) is 0 Å². The molecule has 1 heterocycles. The molecule has 0 radical (unpaired) electrons. The number of aromatic nitrogens is 2. The summed E-state index contributed by atoms with van der Waals surface area (Å²) < 4.78 is 6.83. The maximum Gasteiger partial charge on any atom is 0.265 e. The van der Waals surface area contributed by atoms with Crippen LogP contribution in [-0.2, 0) is 16.7 Å². The maximum atomic E-state index is 12.0. The summed E-state index contributed by atoms with van der Waals surface area (Å²) in [4.78, 5) is 17.1. The van der Waals surface area contributed by atoms with Crippen molar-refractivity contribution < 1.29 is 14.4 Å². The van der Waals surface area contributed by atoms with Gasteiger partial charge in [0.1, 0.15) is 5.75 Å². The fourth-order valence-corrected chi connectivity index (χ4v) is 2.20. The molecule has 1 aromatic carbocycles. The van der Waals surface area contributed by atoms with Crippen LogP contribution in [0.5, 0.6) is 5.75 Å². The first-order chi connectivity index (χ1) is 11.4. The molecule has 0 bridgehead atoms. The fourth-order valence-electron chi connectivity index (χ4n) is 2.20. The lowest BCUT2D eigenvalue weighted by molar-refractivity contribution is -0.120. The summed E-state index contributed by atoms with van der Waals surface area (Å²) in [5, 5.41) is 11.0. The van der Waals surface area contributed by atoms with E-state index in [2.05, 4.69) is 15.6 Å². The number of amides is 1. The van der Waals surface area contributed by atoms with Crippen LogP contribution in [0.2, 0.25) is 0 Å². The number of aryl methyl sites for hydroxylation is 2. The third kappa shape index (κ3) is 4.13. The Balaban J connectivity index is 1.91. The molecule has 0 saturated heterocycles. The van der Waals surface area contributed by atoms with Gasteiger partial charge in [-0.1, -0.05) is 5.16 Å². The largest absolute Gasteiger partial charge is 0.497 e. The molecular formula is C17H22N4O3. The van der Waals surface area contributed by atoms with Crippen molar-refractivity contribution >= 4 is 17.3 Å². The van der Waals surface area contributed by atoms with Gasteiger partial charge >= 0.3 is 0 Å². The lowest BCUT2D eigenvalue weighted by Crippen LogP contribution is -2.18. The number of rotatable bonds is 6. The predicted molar refractivity (Wildman–Crippen MR) is 92.5 cm³/mol. The van der Waals surface area contributed by atoms with E-state index in [0.29, 0.717) is 11.4 Å². The predicted octanol–water partition coefficient (Wildman–Crippen LogP) is 2.42. The first kappa shape index (κ1) is 17.5. The summed E-state index contributed by atoms with van der Waals surface area (Å²) >= 11 is 0. The van der Waals surface area contributed by atoms with E-state index in [0.717, 1.165) is 22.7 Å². The van der Waals surface area contributed by atoms with Crippen molar-refractivity contribution in [3.05, 3.63) is 41.2 Å². The molecule has 0 unspecified atom stereocenters. The molecule has 0 aliphatic carbocycles. The van der Waals surface area contributed by atoms with E-state index >= 15 is 0 Å². The molecule has 2 aromatic rings. The van der Waals surface area contributed by atoms with Crippen LogP contribution < -0.4 is 10.1 Å². The Bertz CT molecular complexity index is 748. The van der Waals surface area contributed by atoms with Crippen LogP contribution in [0.4, 0.5) is 5.69 Å². The number of anilines is 1. The molecule has 0 atom stereocenters. The van der Waals surface area contributed by atoms with Crippen LogP contribution in [-0.4, -0.2) is 35.1 Å². The summed E-state index contributed by atoms with van der Waals surface area (Å²) in [6, 6.07) is 7.44. The number of benzene rings is 1. The monoisotopic (exact) mass is 330 g/mol. The van der Waals surface area contributed by atoms with Gasteiger partial charge in [-0.15, -0.1) is 0 Å². The zero-order valence-electron chi connectivity index (χ0n) is 14.6. The highest BCUT2D eigenvalue weighted by Crippen LogP contribution is 2.18. The number of oxime groups is 1. The van der Waals surface area contributed by atoms with Crippen LogP contribution in [0.25, 0.3) is 0 Å². The second-order valence-corrected chi connectivity index (χ2v) is 5.40. The summed E-state index contributed by atoms with van der Waals surface area (Å²) in [6.45, 7) is 5.38. The van der Waals surface area contributed by atoms with Gasteiger partial charge in [-0.05, 0) is 50.6 Å². The number of nitrogens with zero attached hydrogens (tertiary/aromatic N) is 3. The molecule has 2 rings (SSSR count). The molecule has 128 valence electrons. The Morgan fingerprint density at radius 2 is 1.96 bits per heavy atom. The van der Waals surface area contributed by atoms with E-state index in [1.165, 1.54) is 0 Å². The first-order valence-corrected chi connectivity index (χ1v) is 7.53. The average Bonchev–Trinajstić information content (AvgIpc) is 2.81. The number of carbonyl (C=O) groups excluding carboxylic acids is 1. The number of carbonyl (C=O) groups is 1. The van der Waals surface area contributed by atoms with Crippen molar-refractivity contribution in [3.63, 3.8) is 0 Å². The Morgan fingerprint density at radius 1 is 1.29 bits per heavy atom. The number of hydrogen-bond acceptors (Lipinski definition) is 5. The Hall–Kier alpha value is -2.83. The van der Waals surface area contributed by atoms with E-state index in [9.17, 15) is 4.79 Å². The zero-order valence-corrected chi connectivity index (χ0v) is 14.6. The van der Waals surface area contributed by atoms with E-state index in [4.69, 9.17) is 9.57 Å². The molecule has 1 aromatic heterocycles. The lowest BCUT2D eigenvalue weighted by atomic mass is 10.1. The van der Waals surface area contributed by atoms with Crippen molar-refractivity contribution in [2.75, 3.05) is 19.0 Å². The van der Waals surface area contributed by atoms with Gasteiger partial charge in [-0.3, -0.25) is 9.48 Å². The van der Waals surface area contributed by atoms with Gasteiger partial charge in [0.25, 0.3) is 5.91 Å². The van der Waals surface area contributed by atoms with Gasteiger partial charge in [0.15, 0.2) is 6.61 Å². The van der Waals surface area contributed by atoms with Crippen LogP contribution >= 0.6 is 0 Å². The number of methoxy groups -OCH3 is 1. The average molecular weight is 330 g/mol. The number of hydrogen-bond donors (Lipinski definition) is 1. The second-order valence-electron chi connectivity index (χ2n) is 5.40. The van der Waals surface area contributed by atoms with Crippen molar-refractivity contribution in [3.8, 4) is 5.75 Å². The van der Waals surface area contributed by atoms with Crippen molar-refractivity contribution in [2.45, 2.75) is 20.8 Å². The minimum absolute atomic E-state index is 0.165. The molecule has 0 saturated carbocycles. The van der Waals surface area contributed by atoms with Gasteiger partial charge in [0, 0.05) is 7.05 Å². The quantitative estimate of drug-likeness (QED) is 0.652. The summed E-state index contributed by atoms with van der Waals surface area (Å²) in [6.07, 6.45) is 0. The van der Waals surface area contributed by atoms with E-state index in [1.54, 1.807) is 11.8 Å². The molecule has 0 aliphatic rings. The Labute approximate surface area is 141 Å². The molecular weight excluding hydrogens is 308 g/mol. The summed E-state index contributed by atoms with van der Waals surface area (Å²) in [5.41, 5.74) is 3.94. The van der Waals surface area contributed by atoms with E-state index in [1.807, 2.05) is 52.1 Å². The molecule has 7 heteroatoms. The number of ether oxygens (including phenoxy) is 1. The van der Waals surface area contributed by atoms with Gasteiger partial charge in [0.2, 0.25) is 0 Å². The molecule has 24 heavy (non-hydrogen) atoms. The topological polar surface area (TPSA) is 77.7 Å². The zero-order chi connectivity index (χ0) is 17.7. The normalized spacial score (nSPS) is 11.3. The molecule has 1 N–H and O–H groups in total. The second kappa shape index (κ2) is 7.63. The van der Waals surface area contributed by atoms with Crippen LogP contribution in [0, 0.1) is 13.8 Å².